The molecule has 7 nitrogen and oxygen atoms in total. The predicted octanol–water partition coefficient (Wildman–Crippen LogP) is 5.40. The summed E-state index contributed by atoms with van der Waals surface area (Å²) in [5, 5.41) is 3.82. The lowest BCUT2D eigenvalue weighted by atomic mass is 9.95. The zero-order valence-corrected chi connectivity index (χ0v) is 22.8. The summed E-state index contributed by atoms with van der Waals surface area (Å²) in [6.45, 7) is 11.8. The van der Waals surface area contributed by atoms with E-state index in [1.165, 1.54) is 16.7 Å². The average Bonchev–Trinajstić information content (AvgIpc) is 3.21. The lowest BCUT2D eigenvalue weighted by Crippen LogP contribution is -2.55. The number of urea groups is 1. The Morgan fingerprint density at radius 2 is 1.89 bits per heavy atom. The van der Waals surface area contributed by atoms with Crippen LogP contribution in [0.4, 0.5) is 4.79 Å². The Bertz CT molecular complexity index is 1320. The van der Waals surface area contributed by atoms with Crippen LogP contribution in [0.1, 0.15) is 61.4 Å². The molecule has 2 aliphatic rings. The minimum absolute atomic E-state index is 0.00234. The number of nitrogens with zero attached hydrogens (tertiary/aromatic N) is 5. The van der Waals surface area contributed by atoms with Gasteiger partial charge in [0.05, 0.1) is 11.7 Å². The van der Waals surface area contributed by atoms with Crippen molar-refractivity contribution in [1.82, 2.24) is 29.7 Å². The van der Waals surface area contributed by atoms with Crippen molar-refractivity contribution in [2.45, 2.75) is 52.2 Å². The van der Waals surface area contributed by atoms with Crippen LogP contribution >= 0.6 is 11.6 Å². The molecule has 0 saturated carbocycles. The molecule has 3 aromatic rings. The SMILES string of the molecule is Cc1nccn1CCC1=Cc2cc(Cl)ccc2C(N2CCN(C(=O)NC(C)(C)C)CC2)c2ncccc21. The van der Waals surface area contributed by atoms with E-state index in [0.29, 0.717) is 13.1 Å². The van der Waals surface area contributed by atoms with E-state index in [2.05, 4.69) is 44.0 Å². The van der Waals surface area contributed by atoms with Gasteiger partial charge in [0, 0.05) is 67.4 Å². The summed E-state index contributed by atoms with van der Waals surface area (Å²) in [5.41, 5.74) is 5.54. The molecule has 1 aliphatic carbocycles. The number of carbonyl (C=O) groups is 1. The molecule has 1 saturated heterocycles. The molecule has 37 heavy (non-hydrogen) atoms. The molecule has 0 radical (unpaired) electrons. The molecule has 1 aliphatic heterocycles. The first-order chi connectivity index (χ1) is 17.7. The van der Waals surface area contributed by atoms with E-state index in [1.807, 2.05) is 63.3 Å². The molecule has 0 spiro atoms. The van der Waals surface area contributed by atoms with Gasteiger partial charge in [0.1, 0.15) is 5.82 Å². The highest BCUT2D eigenvalue weighted by Gasteiger charge is 2.34. The summed E-state index contributed by atoms with van der Waals surface area (Å²) >= 11 is 6.49. The Morgan fingerprint density at radius 3 is 2.59 bits per heavy atom. The highest BCUT2D eigenvalue weighted by atomic mass is 35.5. The minimum atomic E-state index is -0.256. The normalized spacial score (nSPS) is 18.0. The quantitative estimate of drug-likeness (QED) is 0.502. The highest BCUT2D eigenvalue weighted by molar-refractivity contribution is 6.30. The summed E-state index contributed by atoms with van der Waals surface area (Å²) in [4.78, 5) is 26.5. The van der Waals surface area contributed by atoms with Crippen LogP contribution in [0.5, 0.6) is 0 Å². The van der Waals surface area contributed by atoms with E-state index in [4.69, 9.17) is 16.6 Å². The predicted molar refractivity (Wildman–Crippen MR) is 148 cm³/mol. The zero-order chi connectivity index (χ0) is 26.2. The Balaban J connectivity index is 1.46. The second kappa shape index (κ2) is 10.3. The standard InChI is InChI=1S/C29H35ClN6O/c1-20-31-11-13-34(20)12-9-21-18-22-19-23(30)7-8-25(22)27(26-24(21)6-5-10-32-26)35-14-16-36(17-15-35)28(37)33-29(2,3)4/h5-8,10-11,13,18-19,27H,9,12,14-17H2,1-4H3,(H,33,37). The number of rotatable bonds is 4. The van der Waals surface area contributed by atoms with Crippen molar-refractivity contribution in [1.29, 1.82) is 0 Å². The van der Waals surface area contributed by atoms with Crippen LogP contribution in [0, 0.1) is 6.92 Å². The number of fused-ring (bicyclic) bond motifs is 2. The second-order valence-corrected chi connectivity index (χ2v) is 11.3. The number of imidazole rings is 1. The molecule has 1 aromatic carbocycles. The van der Waals surface area contributed by atoms with Crippen molar-refractivity contribution in [3.8, 4) is 0 Å². The van der Waals surface area contributed by atoms with Crippen LogP contribution in [0.3, 0.4) is 0 Å². The van der Waals surface area contributed by atoms with Gasteiger partial charge in [0.25, 0.3) is 0 Å². The van der Waals surface area contributed by atoms with Crippen LogP contribution in [-0.2, 0) is 6.54 Å². The molecule has 1 fully saturated rings. The Morgan fingerprint density at radius 1 is 1.11 bits per heavy atom. The van der Waals surface area contributed by atoms with Gasteiger partial charge in [0.2, 0.25) is 0 Å². The van der Waals surface area contributed by atoms with Gasteiger partial charge in [-0.05, 0) is 69.0 Å². The molecule has 5 rings (SSSR count). The number of nitrogens with one attached hydrogen (secondary N) is 1. The van der Waals surface area contributed by atoms with Gasteiger partial charge >= 0.3 is 6.03 Å². The average molecular weight is 519 g/mol. The number of aromatic nitrogens is 3. The third kappa shape index (κ3) is 5.58. The van der Waals surface area contributed by atoms with Gasteiger partial charge in [-0.25, -0.2) is 9.78 Å². The number of piperazine rings is 1. The van der Waals surface area contributed by atoms with Gasteiger partial charge in [-0.2, -0.15) is 0 Å². The molecule has 1 atom stereocenters. The molecule has 2 aromatic heterocycles. The first-order valence-electron chi connectivity index (χ1n) is 12.9. The number of aryl methyl sites for hydroxylation is 2. The molecular formula is C29H35ClN6O. The molecular weight excluding hydrogens is 484 g/mol. The maximum Gasteiger partial charge on any atom is 0.317 e. The van der Waals surface area contributed by atoms with E-state index in [1.54, 1.807) is 0 Å². The maximum absolute atomic E-state index is 12.8. The molecule has 3 heterocycles. The van der Waals surface area contributed by atoms with E-state index in [9.17, 15) is 4.79 Å². The van der Waals surface area contributed by atoms with Crippen molar-refractivity contribution in [2.24, 2.45) is 0 Å². The number of amides is 2. The number of allylic oxidation sites excluding steroid dienone is 1. The lowest BCUT2D eigenvalue weighted by Gasteiger charge is -2.40. The van der Waals surface area contributed by atoms with Crippen LogP contribution < -0.4 is 5.32 Å². The number of hydrogen-bond acceptors (Lipinski definition) is 4. The molecule has 194 valence electrons. The van der Waals surface area contributed by atoms with Crippen LogP contribution in [0.25, 0.3) is 11.6 Å². The first-order valence-corrected chi connectivity index (χ1v) is 13.3. The first kappa shape index (κ1) is 25.5. The van der Waals surface area contributed by atoms with Crippen molar-refractivity contribution in [3.05, 3.63) is 82.2 Å². The Hall–Kier alpha value is -3.16. The Kier molecular flexibility index (Phi) is 7.10. The third-order valence-corrected chi connectivity index (χ3v) is 7.35. The molecule has 2 amide bonds. The number of hydrogen-bond donors (Lipinski definition) is 1. The van der Waals surface area contributed by atoms with Gasteiger partial charge in [-0.1, -0.05) is 29.8 Å². The maximum atomic E-state index is 12.8. The summed E-state index contributed by atoms with van der Waals surface area (Å²) in [6.07, 6.45) is 8.90. The zero-order valence-electron chi connectivity index (χ0n) is 22.0. The second-order valence-electron chi connectivity index (χ2n) is 10.9. The molecule has 1 unspecified atom stereocenters. The summed E-state index contributed by atoms with van der Waals surface area (Å²) in [7, 11) is 0. The van der Waals surface area contributed by atoms with Crippen molar-refractivity contribution in [2.75, 3.05) is 26.2 Å². The van der Waals surface area contributed by atoms with Gasteiger partial charge in [-0.3, -0.25) is 9.88 Å². The molecule has 1 N–H and O–H groups in total. The molecule has 0 bridgehead atoms. The lowest BCUT2D eigenvalue weighted by molar-refractivity contribution is 0.115. The summed E-state index contributed by atoms with van der Waals surface area (Å²) in [5.74, 6) is 1.01. The fourth-order valence-electron chi connectivity index (χ4n) is 5.28. The summed E-state index contributed by atoms with van der Waals surface area (Å²) in [6, 6.07) is 10.4. The number of pyridine rings is 1. The minimum Gasteiger partial charge on any atom is -0.335 e. The highest BCUT2D eigenvalue weighted by Crippen LogP contribution is 2.41. The number of halogens is 1. The van der Waals surface area contributed by atoms with Crippen LogP contribution in [0.15, 0.2) is 48.9 Å². The van der Waals surface area contributed by atoms with Crippen molar-refractivity contribution < 1.29 is 4.79 Å². The third-order valence-electron chi connectivity index (χ3n) is 7.11. The smallest absolute Gasteiger partial charge is 0.317 e. The molecule has 8 heteroatoms. The van der Waals surface area contributed by atoms with Crippen molar-refractivity contribution >= 4 is 29.3 Å². The monoisotopic (exact) mass is 518 g/mol. The summed E-state index contributed by atoms with van der Waals surface area (Å²) < 4.78 is 2.18. The van der Waals surface area contributed by atoms with E-state index < -0.39 is 0 Å². The topological polar surface area (TPSA) is 66.3 Å². The van der Waals surface area contributed by atoms with E-state index in [0.717, 1.165) is 48.2 Å². The van der Waals surface area contributed by atoms with Crippen LogP contribution in [0.2, 0.25) is 5.02 Å². The Labute approximate surface area is 224 Å². The fourth-order valence-corrected chi connectivity index (χ4v) is 5.46. The number of carbonyl (C=O) groups excluding carboxylic acids is 1. The van der Waals surface area contributed by atoms with Gasteiger partial charge in [-0.15, -0.1) is 0 Å². The van der Waals surface area contributed by atoms with Crippen LogP contribution in [-0.4, -0.2) is 62.1 Å². The van der Waals surface area contributed by atoms with Gasteiger partial charge in [0.15, 0.2) is 0 Å². The fraction of sp³-hybridized carbons (Fsp3) is 0.414. The largest absolute Gasteiger partial charge is 0.335 e. The van der Waals surface area contributed by atoms with Crippen molar-refractivity contribution in [3.63, 3.8) is 0 Å². The van der Waals surface area contributed by atoms with E-state index >= 15 is 0 Å². The number of benzene rings is 1. The van der Waals surface area contributed by atoms with Gasteiger partial charge < -0.3 is 14.8 Å². The van der Waals surface area contributed by atoms with E-state index in [-0.39, 0.29) is 17.6 Å².